The van der Waals surface area contributed by atoms with Gasteiger partial charge in [0, 0.05) is 26.9 Å². The molecule has 0 radical (unpaired) electrons. The molecule has 2 aliphatic heterocycles. The molecule has 6 heteroatoms. The minimum Gasteiger partial charge on any atom is -0.422 e. The topological polar surface area (TPSA) is 65.1 Å². The lowest BCUT2D eigenvalue weighted by atomic mass is 9.90. The molecular formula is C17H21NO5. The maximum Gasteiger partial charge on any atom is 0.325 e. The standard InChI is InChI=1S/C17H21NO5/c1-17(2)22-15(19)13(16(20)23-17)14(12-6-4-3-5-7-12)18-8-10-21-11-9-18/h3-7,13-14H,8-11H2,1-2H3. The highest BCUT2D eigenvalue weighted by Gasteiger charge is 2.49. The maximum atomic E-state index is 12.5. The van der Waals surface area contributed by atoms with E-state index in [1.807, 2.05) is 30.3 Å². The zero-order valence-electron chi connectivity index (χ0n) is 13.4. The summed E-state index contributed by atoms with van der Waals surface area (Å²) in [7, 11) is 0. The van der Waals surface area contributed by atoms with Gasteiger partial charge >= 0.3 is 11.9 Å². The molecule has 124 valence electrons. The fourth-order valence-electron chi connectivity index (χ4n) is 3.11. The van der Waals surface area contributed by atoms with Crippen molar-refractivity contribution in [2.24, 2.45) is 5.92 Å². The van der Waals surface area contributed by atoms with Crippen LogP contribution in [0.25, 0.3) is 0 Å². The molecule has 1 unspecified atom stereocenters. The van der Waals surface area contributed by atoms with Crippen molar-refractivity contribution in [3.05, 3.63) is 35.9 Å². The Hall–Kier alpha value is -1.92. The van der Waals surface area contributed by atoms with Gasteiger partial charge in [-0.05, 0) is 5.56 Å². The van der Waals surface area contributed by atoms with Gasteiger partial charge in [0.25, 0.3) is 5.79 Å². The van der Waals surface area contributed by atoms with Gasteiger partial charge in [-0.2, -0.15) is 0 Å². The van der Waals surface area contributed by atoms with Gasteiger partial charge in [-0.15, -0.1) is 0 Å². The molecule has 23 heavy (non-hydrogen) atoms. The Balaban J connectivity index is 1.94. The van der Waals surface area contributed by atoms with E-state index in [-0.39, 0.29) is 0 Å². The third kappa shape index (κ3) is 3.38. The van der Waals surface area contributed by atoms with Crippen LogP contribution in [0.2, 0.25) is 0 Å². The minimum atomic E-state index is -1.21. The third-order valence-corrected chi connectivity index (χ3v) is 4.10. The van der Waals surface area contributed by atoms with E-state index in [2.05, 4.69) is 4.90 Å². The van der Waals surface area contributed by atoms with E-state index >= 15 is 0 Å². The van der Waals surface area contributed by atoms with Crippen LogP contribution in [0.3, 0.4) is 0 Å². The monoisotopic (exact) mass is 319 g/mol. The molecule has 2 heterocycles. The SMILES string of the molecule is CC1(C)OC(=O)C(C(c2ccccc2)N2CCOCC2)C(=O)O1. The Bertz CT molecular complexity index is 560. The van der Waals surface area contributed by atoms with E-state index in [1.165, 1.54) is 0 Å². The summed E-state index contributed by atoms with van der Waals surface area (Å²) in [5.74, 6) is -3.27. The van der Waals surface area contributed by atoms with Crippen LogP contribution in [0.5, 0.6) is 0 Å². The van der Waals surface area contributed by atoms with Gasteiger partial charge in [0.05, 0.1) is 19.3 Å². The fourth-order valence-corrected chi connectivity index (χ4v) is 3.11. The number of nitrogens with zero attached hydrogens (tertiary/aromatic N) is 1. The molecule has 2 aliphatic rings. The number of carbonyl (C=O) groups excluding carboxylic acids is 2. The Labute approximate surface area is 135 Å². The van der Waals surface area contributed by atoms with Crippen molar-refractivity contribution in [2.45, 2.75) is 25.7 Å². The number of morpholine rings is 1. The molecule has 2 saturated heterocycles. The lowest BCUT2D eigenvalue weighted by Gasteiger charge is -2.41. The number of benzene rings is 1. The van der Waals surface area contributed by atoms with E-state index in [1.54, 1.807) is 13.8 Å². The highest BCUT2D eigenvalue weighted by molar-refractivity contribution is 5.97. The summed E-state index contributed by atoms with van der Waals surface area (Å²) in [5, 5.41) is 0. The van der Waals surface area contributed by atoms with Gasteiger partial charge in [0.2, 0.25) is 0 Å². The Morgan fingerprint density at radius 1 is 1.04 bits per heavy atom. The van der Waals surface area contributed by atoms with Crippen molar-refractivity contribution in [3.63, 3.8) is 0 Å². The number of ether oxygens (including phenoxy) is 3. The van der Waals surface area contributed by atoms with Gasteiger partial charge in [-0.25, -0.2) is 0 Å². The molecule has 0 bridgehead atoms. The van der Waals surface area contributed by atoms with Gasteiger partial charge in [-0.1, -0.05) is 30.3 Å². The number of esters is 2. The average Bonchev–Trinajstić information content (AvgIpc) is 2.51. The molecule has 2 fully saturated rings. The Morgan fingerprint density at radius 2 is 1.61 bits per heavy atom. The van der Waals surface area contributed by atoms with Crippen LogP contribution >= 0.6 is 0 Å². The molecule has 1 atom stereocenters. The summed E-state index contributed by atoms with van der Waals surface area (Å²) < 4.78 is 16.0. The largest absolute Gasteiger partial charge is 0.422 e. The molecule has 3 rings (SSSR count). The van der Waals surface area contributed by atoms with Crippen LogP contribution in [-0.4, -0.2) is 48.9 Å². The van der Waals surface area contributed by atoms with Crippen LogP contribution in [-0.2, 0) is 23.8 Å². The predicted molar refractivity (Wildman–Crippen MR) is 81.3 cm³/mol. The van der Waals surface area contributed by atoms with Crippen LogP contribution in [0.1, 0.15) is 25.5 Å². The summed E-state index contributed by atoms with van der Waals surface area (Å²) in [6.45, 7) is 5.58. The highest BCUT2D eigenvalue weighted by Crippen LogP contribution is 2.36. The summed E-state index contributed by atoms with van der Waals surface area (Å²) in [5.41, 5.74) is 0.896. The highest BCUT2D eigenvalue weighted by atomic mass is 16.7. The van der Waals surface area contributed by atoms with E-state index in [9.17, 15) is 9.59 Å². The van der Waals surface area contributed by atoms with Crippen LogP contribution in [0, 0.1) is 5.92 Å². The second-order valence-electron chi connectivity index (χ2n) is 6.22. The van der Waals surface area contributed by atoms with Crippen molar-refractivity contribution in [3.8, 4) is 0 Å². The van der Waals surface area contributed by atoms with Crippen molar-refractivity contribution in [1.82, 2.24) is 4.90 Å². The second-order valence-corrected chi connectivity index (χ2v) is 6.22. The fraction of sp³-hybridized carbons (Fsp3) is 0.529. The summed E-state index contributed by atoms with van der Waals surface area (Å²) in [6.07, 6.45) is 0. The number of hydrogen-bond acceptors (Lipinski definition) is 6. The normalized spacial score (nSPS) is 23.9. The first-order chi connectivity index (χ1) is 11.0. The molecule has 1 aromatic carbocycles. The Kier molecular flexibility index (Phi) is 4.37. The van der Waals surface area contributed by atoms with Gasteiger partial charge in [0.15, 0.2) is 5.92 Å². The van der Waals surface area contributed by atoms with E-state index in [0.29, 0.717) is 26.3 Å². The van der Waals surface area contributed by atoms with Crippen molar-refractivity contribution in [1.29, 1.82) is 0 Å². The first-order valence-corrected chi connectivity index (χ1v) is 7.80. The number of rotatable bonds is 3. The van der Waals surface area contributed by atoms with Crippen molar-refractivity contribution >= 4 is 11.9 Å². The summed E-state index contributed by atoms with van der Waals surface area (Å²) >= 11 is 0. The first-order valence-electron chi connectivity index (χ1n) is 7.80. The minimum absolute atomic E-state index is 0.406. The molecule has 0 N–H and O–H groups in total. The van der Waals surface area contributed by atoms with E-state index in [0.717, 1.165) is 5.56 Å². The van der Waals surface area contributed by atoms with E-state index in [4.69, 9.17) is 14.2 Å². The number of cyclic esters (lactones) is 2. The zero-order chi connectivity index (χ0) is 16.4. The third-order valence-electron chi connectivity index (χ3n) is 4.10. The van der Waals surface area contributed by atoms with Crippen molar-refractivity contribution < 1.29 is 23.8 Å². The average molecular weight is 319 g/mol. The summed E-state index contributed by atoms with van der Waals surface area (Å²) in [4.78, 5) is 27.1. The molecule has 6 nitrogen and oxygen atoms in total. The number of carbonyl (C=O) groups is 2. The van der Waals surface area contributed by atoms with E-state index < -0.39 is 29.7 Å². The molecule has 0 amide bonds. The van der Waals surface area contributed by atoms with Gasteiger partial charge in [0.1, 0.15) is 0 Å². The van der Waals surface area contributed by atoms with Crippen LogP contribution in [0.4, 0.5) is 0 Å². The smallest absolute Gasteiger partial charge is 0.325 e. The predicted octanol–water partition coefficient (Wildman–Crippen LogP) is 1.51. The quantitative estimate of drug-likeness (QED) is 0.621. The zero-order valence-corrected chi connectivity index (χ0v) is 13.4. The molecule has 0 aromatic heterocycles. The van der Waals surface area contributed by atoms with Gasteiger partial charge in [-0.3, -0.25) is 14.5 Å². The second kappa shape index (κ2) is 6.29. The molecular weight excluding hydrogens is 298 g/mol. The lowest BCUT2D eigenvalue weighted by molar-refractivity contribution is -0.243. The molecule has 1 aromatic rings. The Morgan fingerprint density at radius 3 is 2.17 bits per heavy atom. The summed E-state index contributed by atoms with van der Waals surface area (Å²) in [6, 6.07) is 9.12. The molecule has 0 spiro atoms. The van der Waals surface area contributed by atoms with Gasteiger partial charge < -0.3 is 14.2 Å². The lowest BCUT2D eigenvalue weighted by Crippen LogP contribution is -2.52. The molecule has 0 aliphatic carbocycles. The number of hydrogen-bond donors (Lipinski definition) is 0. The maximum absolute atomic E-state index is 12.5. The van der Waals surface area contributed by atoms with Crippen LogP contribution < -0.4 is 0 Å². The first kappa shape index (κ1) is 16.0. The molecule has 0 saturated carbocycles. The van der Waals surface area contributed by atoms with Crippen molar-refractivity contribution in [2.75, 3.05) is 26.3 Å². The van der Waals surface area contributed by atoms with Crippen LogP contribution in [0.15, 0.2) is 30.3 Å².